The van der Waals surface area contributed by atoms with Crippen LogP contribution in [0, 0.1) is 0 Å². The zero-order valence-electron chi connectivity index (χ0n) is 10.5. The highest BCUT2D eigenvalue weighted by atomic mass is 16.4. The molecule has 2 N–H and O–H groups in total. The van der Waals surface area contributed by atoms with Gasteiger partial charge in [-0.05, 0) is 42.4 Å². The summed E-state index contributed by atoms with van der Waals surface area (Å²) in [5, 5.41) is 11.7. The maximum atomic E-state index is 10.3. The van der Waals surface area contributed by atoms with Crippen molar-refractivity contribution in [1.29, 1.82) is 0 Å². The summed E-state index contributed by atoms with van der Waals surface area (Å²) in [5.74, 6) is -0.898. The van der Waals surface area contributed by atoms with E-state index in [1.165, 1.54) is 48.4 Å². The summed E-state index contributed by atoms with van der Waals surface area (Å²) in [4.78, 5) is 10.3. The van der Waals surface area contributed by atoms with Crippen LogP contribution in [0.15, 0.2) is 30.4 Å². The Morgan fingerprint density at radius 2 is 2.06 bits per heavy atom. The van der Waals surface area contributed by atoms with E-state index in [9.17, 15) is 4.79 Å². The fourth-order valence-electron chi connectivity index (χ4n) is 2.36. The van der Waals surface area contributed by atoms with Crippen LogP contribution in [0.1, 0.15) is 29.5 Å². The number of benzene rings is 1. The maximum absolute atomic E-state index is 10.3. The number of nitrogens with one attached hydrogen (secondary N) is 1. The molecular formula is C15H19NO2. The fraction of sp³-hybridized carbons (Fsp3) is 0.400. The molecule has 1 aromatic carbocycles. The van der Waals surface area contributed by atoms with E-state index in [0.29, 0.717) is 6.54 Å². The highest BCUT2D eigenvalue weighted by Gasteiger charge is 2.08. The third-order valence-electron chi connectivity index (χ3n) is 3.26. The average molecular weight is 245 g/mol. The predicted octanol–water partition coefficient (Wildman–Crippen LogP) is 2.30. The molecule has 0 heterocycles. The Hall–Kier alpha value is -1.61. The minimum Gasteiger partial charge on any atom is -0.478 e. The molecule has 1 aliphatic rings. The number of aryl methyl sites for hydroxylation is 2. The van der Waals surface area contributed by atoms with Gasteiger partial charge in [0.25, 0.3) is 0 Å². The number of carboxylic acids is 1. The van der Waals surface area contributed by atoms with E-state index in [1.54, 1.807) is 6.08 Å². The van der Waals surface area contributed by atoms with Crippen molar-refractivity contribution >= 4 is 5.97 Å². The minimum absolute atomic E-state index is 0.587. The van der Waals surface area contributed by atoms with Crippen molar-refractivity contribution in [3.63, 3.8) is 0 Å². The molecule has 0 bridgehead atoms. The van der Waals surface area contributed by atoms with Crippen LogP contribution >= 0.6 is 0 Å². The molecule has 0 spiro atoms. The Balaban J connectivity index is 1.84. The van der Waals surface area contributed by atoms with Gasteiger partial charge in [0.1, 0.15) is 0 Å². The summed E-state index contributed by atoms with van der Waals surface area (Å²) < 4.78 is 0. The Kier molecular flexibility index (Phi) is 4.53. The van der Waals surface area contributed by atoms with Gasteiger partial charge in [0.2, 0.25) is 0 Å². The third-order valence-corrected chi connectivity index (χ3v) is 3.26. The van der Waals surface area contributed by atoms with Gasteiger partial charge >= 0.3 is 5.97 Å². The van der Waals surface area contributed by atoms with Gasteiger partial charge in [-0.2, -0.15) is 0 Å². The second kappa shape index (κ2) is 6.36. The van der Waals surface area contributed by atoms with Crippen molar-refractivity contribution in [2.24, 2.45) is 0 Å². The number of hydrogen-bond donors (Lipinski definition) is 2. The lowest BCUT2D eigenvalue weighted by Crippen LogP contribution is -2.14. The van der Waals surface area contributed by atoms with Crippen molar-refractivity contribution in [2.75, 3.05) is 6.54 Å². The zero-order chi connectivity index (χ0) is 12.8. The van der Waals surface area contributed by atoms with E-state index in [1.807, 2.05) is 0 Å². The van der Waals surface area contributed by atoms with Gasteiger partial charge < -0.3 is 10.4 Å². The first-order valence-corrected chi connectivity index (χ1v) is 6.46. The van der Waals surface area contributed by atoms with Crippen molar-refractivity contribution in [3.8, 4) is 0 Å². The topological polar surface area (TPSA) is 49.3 Å². The summed E-state index contributed by atoms with van der Waals surface area (Å²) in [6.07, 6.45) is 7.81. The average Bonchev–Trinajstić information content (AvgIpc) is 2.38. The molecule has 0 fully saturated rings. The monoisotopic (exact) mass is 245 g/mol. The molecule has 96 valence electrons. The number of hydrogen-bond acceptors (Lipinski definition) is 2. The number of carbonyl (C=O) groups is 1. The predicted molar refractivity (Wildman–Crippen MR) is 71.6 cm³/mol. The van der Waals surface area contributed by atoms with E-state index < -0.39 is 5.97 Å². The van der Waals surface area contributed by atoms with Gasteiger partial charge in [-0.3, -0.25) is 0 Å². The molecule has 0 saturated carbocycles. The second-order valence-electron chi connectivity index (χ2n) is 4.68. The molecule has 0 saturated heterocycles. The number of fused-ring (bicyclic) bond motifs is 1. The maximum Gasteiger partial charge on any atom is 0.328 e. The van der Waals surface area contributed by atoms with Gasteiger partial charge in [-0.25, -0.2) is 4.79 Å². The number of aliphatic carboxylic acids is 1. The van der Waals surface area contributed by atoms with Gasteiger partial charge in [0, 0.05) is 19.2 Å². The summed E-state index contributed by atoms with van der Waals surface area (Å²) >= 11 is 0. The van der Waals surface area contributed by atoms with Gasteiger partial charge in [-0.15, -0.1) is 0 Å². The Bertz CT molecular complexity index is 452. The molecule has 0 aliphatic heterocycles. The third kappa shape index (κ3) is 3.70. The first-order chi connectivity index (χ1) is 8.75. The van der Waals surface area contributed by atoms with Crippen LogP contribution in [0.3, 0.4) is 0 Å². The number of rotatable bonds is 5. The lowest BCUT2D eigenvalue weighted by atomic mass is 9.90. The zero-order valence-corrected chi connectivity index (χ0v) is 10.5. The van der Waals surface area contributed by atoms with Crippen molar-refractivity contribution in [3.05, 3.63) is 47.0 Å². The largest absolute Gasteiger partial charge is 0.478 e. The molecule has 3 nitrogen and oxygen atoms in total. The lowest BCUT2D eigenvalue weighted by Gasteiger charge is -2.16. The van der Waals surface area contributed by atoms with E-state index in [-0.39, 0.29) is 0 Å². The summed E-state index contributed by atoms with van der Waals surface area (Å²) in [5.41, 5.74) is 4.26. The van der Waals surface area contributed by atoms with E-state index in [4.69, 9.17) is 5.11 Å². The molecular weight excluding hydrogens is 226 g/mol. The molecule has 1 aromatic rings. The van der Waals surface area contributed by atoms with Crippen LogP contribution in [0.4, 0.5) is 0 Å². The minimum atomic E-state index is -0.898. The molecule has 18 heavy (non-hydrogen) atoms. The quantitative estimate of drug-likeness (QED) is 0.618. The van der Waals surface area contributed by atoms with E-state index >= 15 is 0 Å². The Labute approximate surface area is 108 Å². The van der Waals surface area contributed by atoms with Crippen LogP contribution in [0.25, 0.3) is 0 Å². The molecule has 0 aromatic heterocycles. The van der Waals surface area contributed by atoms with Gasteiger partial charge in [0.05, 0.1) is 0 Å². The number of carboxylic acid groups (broad SMARTS) is 1. The van der Waals surface area contributed by atoms with Crippen molar-refractivity contribution < 1.29 is 9.90 Å². The molecule has 1 aliphatic carbocycles. The SMILES string of the molecule is O=C(O)/C=C/CNCc1ccc2c(c1)CCCC2. The van der Waals surface area contributed by atoms with Gasteiger partial charge in [0.15, 0.2) is 0 Å². The molecule has 3 heteroatoms. The second-order valence-corrected chi connectivity index (χ2v) is 4.68. The first-order valence-electron chi connectivity index (χ1n) is 6.46. The first kappa shape index (κ1) is 12.8. The highest BCUT2D eigenvalue weighted by molar-refractivity contribution is 5.79. The molecule has 0 radical (unpaired) electrons. The fourth-order valence-corrected chi connectivity index (χ4v) is 2.36. The van der Waals surface area contributed by atoms with E-state index in [0.717, 1.165) is 6.54 Å². The normalized spacial score (nSPS) is 14.7. The molecule has 0 amide bonds. The smallest absolute Gasteiger partial charge is 0.328 e. The molecule has 2 rings (SSSR count). The highest BCUT2D eigenvalue weighted by Crippen LogP contribution is 2.22. The standard InChI is InChI=1S/C15H19NO2/c17-15(18)6-3-9-16-11-12-7-8-13-4-1-2-5-14(13)10-12/h3,6-8,10,16H,1-2,4-5,9,11H2,(H,17,18)/b6-3+. The summed E-state index contributed by atoms with van der Waals surface area (Å²) in [6.45, 7) is 1.38. The van der Waals surface area contributed by atoms with Crippen LogP contribution in [-0.4, -0.2) is 17.6 Å². The van der Waals surface area contributed by atoms with E-state index in [2.05, 4.69) is 23.5 Å². The lowest BCUT2D eigenvalue weighted by molar-refractivity contribution is -0.131. The van der Waals surface area contributed by atoms with Crippen LogP contribution in [0.5, 0.6) is 0 Å². The van der Waals surface area contributed by atoms with Crippen LogP contribution in [0.2, 0.25) is 0 Å². The van der Waals surface area contributed by atoms with Crippen molar-refractivity contribution in [1.82, 2.24) is 5.32 Å². The van der Waals surface area contributed by atoms with Crippen molar-refractivity contribution in [2.45, 2.75) is 32.2 Å². The van der Waals surface area contributed by atoms with Crippen LogP contribution in [-0.2, 0) is 24.2 Å². The Morgan fingerprint density at radius 1 is 1.28 bits per heavy atom. The van der Waals surface area contributed by atoms with Crippen LogP contribution < -0.4 is 5.32 Å². The summed E-state index contributed by atoms with van der Waals surface area (Å²) in [7, 11) is 0. The summed E-state index contributed by atoms with van der Waals surface area (Å²) in [6, 6.07) is 6.68. The molecule has 0 unspecified atom stereocenters. The molecule has 0 atom stereocenters. The Morgan fingerprint density at radius 3 is 2.83 bits per heavy atom. The van der Waals surface area contributed by atoms with Gasteiger partial charge in [-0.1, -0.05) is 24.3 Å².